The van der Waals surface area contributed by atoms with E-state index in [0.29, 0.717) is 6.61 Å². The van der Waals surface area contributed by atoms with E-state index < -0.39 is 5.79 Å². The number of ketones is 1. The molecule has 2 aliphatic carbocycles. The minimum Gasteiger partial charge on any atom is -0.365 e. The van der Waals surface area contributed by atoms with Crippen LogP contribution in [0.15, 0.2) is 11.6 Å². The van der Waals surface area contributed by atoms with Crippen molar-refractivity contribution in [3.63, 3.8) is 0 Å². The third-order valence-corrected chi connectivity index (χ3v) is 2.04. The molecule has 0 radical (unpaired) electrons. The van der Waals surface area contributed by atoms with Gasteiger partial charge in [-0.25, -0.2) is 0 Å². The van der Waals surface area contributed by atoms with Gasteiger partial charge >= 0.3 is 0 Å². The van der Waals surface area contributed by atoms with Crippen molar-refractivity contribution in [1.29, 1.82) is 0 Å². The molecule has 0 aromatic heterocycles. The number of allylic oxidation sites excluding steroid dienone is 2. The predicted octanol–water partition coefficient (Wildman–Crippen LogP) is 1.80. The van der Waals surface area contributed by atoms with Crippen LogP contribution in [0, 0.1) is 0 Å². The third kappa shape index (κ3) is 5.14. The number of ether oxygens (including phenoxy) is 1. The van der Waals surface area contributed by atoms with Crippen LogP contribution < -0.4 is 0 Å². The SMILES string of the molecule is CC(=O)C=C1CC1.CCOC1(O)CC1. The van der Waals surface area contributed by atoms with Gasteiger partial charge in [-0.3, -0.25) is 4.79 Å². The van der Waals surface area contributed by atoms with Crippen LogP contribution in [-0.4, -0.2) is 23.3 Å². The summed E-state index contributed by atoms with van der Waals surface area (Å²) in [5.74, 6) is -0.512. The standard InChI is InChI=1S/C6H8O.C5H10O2/c1-5(7)4-6-2-3-6;1-2-7-5(6)3-4-5/h4H,2-3H2,1H3;6H,2-4H2,1H3. The molecule has 0 atom stereocenters. The number of carbonyl (C=O) groups is 1. The summed E-state index contributed by atoms with van der Waals surface area (Å²) in [5, 5.41) is 8.91. The van der Waals surface area contributed by atoms with E-state index in [9.17, 15) is 4.79 Å². The lowest BCUT2D eigenvalue weighted by Crippen LogP contribution is -2.11. The van der Waals surface area contributed by atoms with E-state index in [0.717, 1.165) is 25.7 Å². The Bertz CT molecular complexity index is 233. The van der Waals surface area contributed by atoms with Crippen LogP contribution in [0.5, 0.6) is 0 Å². The molecular weight excluding hydrogens is 180 g/mol. The second kappa shape index (κ2) is 4.71. The highest BCUT2D eigenvalue weighted by atomic mass is 16.6. The molecule has 2 aliphatic rings. The van der Waals surface area contributed by atoms with E-state index >= 15 is 0 Å². The van der Waals surface area contributed by atoms with Crippen molar-refractivity contribution >= 4 is 5.78 Å². The second-order valence-electron chi connectivity index (χ2n) is 3.79. The van der Waals surface area contributed by atoms with E-state index in [2.05, 4.69) is 0 Å². The largest absolute Gasteiger partial charge is 0.365 e. The van der Waals surface area contributed by atoms with Gasteiger partial charge in [-0.15, -0.1) is 0 Å². The Morgan fingerprint density at radius 1 is 1.57 bits per heavy atom. The van der Waals surface area contributed by atoms with Crippen LogP contribution in [-0.2, 0) is 9.53 Å². The first-order valence-corrected chi connectivity index (χ1v) is 5.12. The van der Waals surface area contributed by atoms with Crippen LogP contribution >= 0.6 is 0 Å². The lowest BCUT2D eigenvalue weighted by molar-refractivity contribution is -0.120. The number of rotatable bonds is 3. The van der Waals surface area contributed by atoms with Gasteiger partial charge in [0.15, 0.2) is 11.6 Å². The third-order valence-electron chi connectivity index (χ3n) is 2.04. The van der Waals surface area contributed by atoms with Crippen molar-refractivity contribution in [2.75, 3.05) is 6.61 Å². The molecule has 80 valence electrons. The van der Waals surface area contributed by atoms with Gasteiger partial charge in [-0.05, 0) is 32.8 Å². The Hall–Kier alpha value is -0.670. The highest BCUT2D eigenvalue weighted by Crippen LogP contribution is 2.35. The molecule has 2 saturated carbocycles. The quantitative estimate of drug-likeness (QED) is 0.555. The van der Waals surface area contributed by atoms with Gasteiger partial charge in [0, 0.05) is 19.4 Å². The van der Waals surface area contributed by atoms with Crippen molar-refractivity contribution in [3.05, 3.63) is 11.6 Å². The topological polar surface area (TPSA) is 46.5 Å². The van der Waals surface area contributed by atoms with E-state index in [1.54, 1.807) is 13.0 Å². The van der Waals surface area contributed by atoms with E-state index in [1.807, 2.05) is 6.92 Å². The molecule has 0 heterocycles. The van der Waals surface area contributed by atoms with E-state index in [-0.39, 0.29) is 5.78 Å². The van der Waals surface area contributed by atoms with Crippen molar-refractivity contribution in [2.45, 2.75) is 45.3 Å². The average molecular weight is 198 g/mol. The molecule has 0 unspecified atom stereocenters. The smallest absolute Gasteiger partial charge is 0.165 e. The molecule has 2 rings (SSSR count). The Kier molecular flexibility index (Phi) is 3.84. The number of carbonyl (C=O) groups excluding carboxylic acids is 1. The summed E-state index contributed by atoms with van der Waals surface area (Å²) >= 11 is 0. The zero-order valence-electron chi connectivity index (χ0n) is 8.88. The van der Waals surface area contributed by atoms with Gasteiger partial charge in [0.25, 0.3) is 0 Å². The summed E-state index contributed by atoms with van der Waals surface area (Å²) in [6, 6.07) is 0. The summed E-state index contributed by atoms with van der Waals surface area (Å²) < 4.78 is 4.90. The molecule has 0 saturated heterocycles. The van der Waals surface area contributed by atoms with Crippen LogP contribution in [0.1, 0.15) is 39.5 Å². The molecule has 0 aromatic carbocycles. The Balaban J connectivity index is 0.000000140. The fraction of sp³-hybridized carbons (Fsp3) is 0.727. The highest BCUT2D eigenvalue weighted by molar-refractivity contribution is 5.88. The first-order valence-electron chi connectivity index (χ1n) is 5.12. The normalized spacial score (nSPS) is 20.6. The Morgan fingerprint density at radius 2 is 2.14 bits per heavy atom. The van der Waals surface area contributed by atoms with Crippen molar-refractivity contribution < 1.29 is 14.6 Å². The van der Waals surface area contributed by atoms with Crippen molar-refractivity contribution in [1.82, 2.24) is 0 Å². The van der Waals surface area contributed by atoms with Crippen LogP contribution in [0.4, 0.5) is 0 Å². The summed E-state index contributed by atoms with van der Waals surface area (Å²) in [6.45, 7) is 4.10. The Labute approximate surface area is 84.8 Å². The molecule has 3 heteroatoms. The molecule has 3 nitrogen and oxygen atoms in total. The summed E-state index contributed by atoms with van der Waals surface area (Å²) in [5.41, 5.74) is 1.31. The minimum atomic E-state index is -0.700. The molecule has 0 spiro atoms. The number of hydrogen-bond donors (Lipinski definition) is 1. The first-order chi connectivity index (χ1) is 6.56. The second-order valence-corrected chi connectivity index (χ2v) is 3.79. The first kappa shape index (κ1) is 11.4. The predicted molar refractivity (Wildman–Crippen MR) is 53.8 cm³/mol. The molecule has 0 amide bonds. The van der Waals surface area contributed by atoms with E-state index in [4.69, 9.17) is 9.84 Å². The molecule has 2 fully saturated rings. The van der Waals surface area contributed by atoms with Gasteiger partial charge < -0.3 is 9.84 Å². The monoisotopic (exact) mass is 198 g/mol. The van der Waals surface area contributed by atoms with Crippen LogP contribution in [0.2, 0.25) is 0 Å². The highest BCUT2D eigenvalue weighted by Gasteiger charge is 2.41. The number of hydrogen-bond acceptors (Lipinski definition) is 3. The lowest BCUT2D eigenvalue weighted by atomic mass is 10.4. The van der Waals surface area contributed by atoms with Gasteiger partial charge in [0.05, 0.1) is 0 Å². The van der Waals surface area contributed by atoms with Crippen LogP contribution in [0.3, 0.4) is 0 Å². The molecule has 0 aliphatic heterocycles. The molecule has 1 N–H and O–H groups in total. The Morgan fingerprint density at radius 3 is 2.29 bits per heavy atom. The molecule has 0 bridgehead atoms. The lowest BCUT2D eigenvalue weighted by Gasteiger charge is -2.04. The van der Waals surface area contributed by atoms with Crippen LogP contribution in [0.25, 0.3) is 0 Å². The van der Waals surface area contributed by atoms with Gasteiger partial charge in [-0.2, -0.15) is 0 Å². The zero-order valence-corrected chi connectivity index (χ0v) is 8.88. The van der Waals surface area contributed by atoms with E-state index in [1.165, 1.54) is 5.57 Å². The maximum atomic E-state index is 10.2. The minimum absolute atomic E-state index is 0.188. The maximum Gasteiger partial charge on any atom is 0.165 e. The summed E-state index contributed by atoms with van der Waals surface area (Å²) in [4.78, 5) is 10.2. The zero-order chi connectivity index (χ0) is 10.6. The van der Waals surface area contributed by atoms with Crippen molar-refractivity contribution in [3.8, 4) is 0 Å². The van der Waals surface area contributed by atoms with Crippen molar-refractivity contribution in [2.24, 2.45) is 0 Å². The van der Waals surface area contributed by atoms with Gasteiger partial charge in [-0.1, -0.05) is 5.57 Å². The maximum absolute atomic E-state index is 10.2. The summed E-state index contributed by atoms with van der Waals surface area (Å²) in [7, 11) is 0. The molecule has 0 aromatic rings. The number of aliphatic hydroxyl groups is 1. The van der Waals surface area contributed by atoms with Gasteiger partial charge in [0.1, 0.15) is 0 Å². The molecular formula is C11H18O3. The fourth-order valence-corrected chi connectivity index (χ4v) is 1.02. The molecule has 14 heavy (non-hydrogen) atoms. The van der Waals surface area contributed by atoms with Gasteiger partial charge in [0.2, 0.25) is 0 Å². The fourth-order valence-electron chi connectivity index (χ4n) is 1.02. The summed E-state index contributed by atoms with van der Waals surface area (Å²) in [6.07, 6.45) is 5.67. The average Bonchev–Trinajstić information content (AvgIpc) is 2.93.